The molecule has 2 aromatic rings. The van der Waals surface area contributed by atoms with Crippen LogP contribution in [0.25, 0.3) is 0 Å². The summed E-state index contributed by atoms with van der Waals surface area (Å²) in [5.41, 5.74) is 3.87. The van der Waals surface area contributed by atoms with Crippen molar-refractivity contribution in [2.45, 2.75) is 39.8 Å². The van der Waals surface area contributed by atoms with Crippen LogP contribution in [-0.2, 0) is 11.3 Å². The molecule has 1 aromatic carbocycles. The monoisotopic (exact) mass is 335 g/mol. The second-order valence-electron chi connectivity index (χ2n) is 5.62. The Kier molecular flexibility index (Phi) is 5.80. The van der Waals surface area contributed by atoms with Crippen LogP contribution in [0.5, 0.6) is 0 Å². The Labute approximate surface area is 141 Å². The maximum Gasteiger partial charge on any atom is 0.253 e. The molecule has 1 amide bonds. The zero-order chi connectivity index (χ0) is 17.0. The van der Waals surface area contributed by atoms with Crippen LogP contribution >= 0.6 is 11.6 Å². The molecule has 0 unspecified atom stereocenters. The van der Waals surface area contributed by atoms with Crippen LogP contribution in [0.2, 0.25) is 5.02 Å². The van der Waals surface area contributed by atoms with Gasteiger partial charge in [0.05, 0.1) is 5.69 Å². The Morgan fingerprint density at radius 1 is 1.39 bits per heavy atom. The second kappa shape index (κ2) is 7.62. The molecule has 0 radical (unpaired) electrons. The highest BCUT2D eigenvalue weighted by atomic mass is 35.5. The minimum atomic E-state index is -1.20. The molecule has 6 heteroatoms. The van der Waals surface area contributed by atoms with E-state index in [1.165, 1.54) is 5.56 Å². The molecule has 0 aliphatic rings. The fourth-order valence-corrected chi connectivity index (χ4v) is 2.57. The van der Waals surface area contributed by atoms with Crippen LogP contribution < -0.4 is 5.32 Å². The summed E-state index contributed by atoms with van der Waals surface area (Å²) in [5.74, 6) is -0.420. The Hall–Kier alpha value is -1.85. The average Bonchev–Trinajstić information content (AvgIpc) is 2.77. The smallest absolute Gasteiger partial charge is 0.253 e. The van der Waals surface area contributed by atoms with Gasteiger partial charge in [-0.15, -0.1) is 0 Å². The fourth-order valence-electron chi connectivity index (χ4n) is 2.37. The Balaban J connectivity index is 1.81. The van der Waals surface area contributed by atoms with Gasteiger partial charge in [0.2, 0.25) is 0 Å². The van der Waals surface area contributed by atoms with Gasteiger partial charge in [0, 0.05) is 23.8 Å². The molecule has 1 heterocycles. The molecule has 0 bridgehead atoms. The van der Waals surface area contributed by atoms with Gasteiger partial charge in [0.15, 0.2) is 6.10 Å². The molecule has 0 fully saturated rings. The molecule has 2 rings (SSSR count). The summed E-state index contributed by atoms with van der Waals surface area (Å²) in [4.78, 5) is 12.0. The van der Waals surface area contributed by atoms with Gasteiger partial charge >= 0.3 is 0 Å². The van der Waals surface area contributed by atoms with E-state index in [9.17, 15) is 9.90 Å². The number of amides is 1. The van der Waals surface area contributed by atoms with Gasteiger partial charge in [-0.1, -0.05) is 23.7 Å². The Morgan fingerprint density at radius 3 is 2.74 bits per heavy atom. The van der Waals surface area contributed by atoms with Gasteiger partial charge in [-0.05, 0) is 50.5 Å². The highest BCUT2D eigenvalue weighted by molar-refractivity contribution is 6.30. The highest BCUT2D eigenvalue weighted by Gasteiger charge is 2.17. The number of halogens is 1. The molecule has 124 valence electrons. The van der Waals surface area contributed by atoms with E-state index < -0.39 is 12.0 Å². The van der Waals surface area contributed by atoms with Gasteiger partial charge in [0.25, 0.3) is 5.91 Å². The predicted octanol–water partition coefficient (Wildman–Crippen LogP) is 2.70. The van der Waals surface area contributed by atoms with Crippen molar-refractivity contribution >= 4 is 17.5 Å². The van der Waals surface area contributed by atoms with Crippen molar-refractivity contribution in [3.05, 3.63) is 51.8 Å². The number of carbonyl (C=O) groups is 1. The van der Waals surface area contributed by atoms with E-state index in [1.807, 2.05) is 18.5 Å². The number of aliphatic hydroxyl groups is 1. The van der Waals surface area contributed by atoms with Gasteiger partial charge < -0.3 is 10.4 Å². The van der Waals surface area contributed by atoms with Crippen molar-refractivity contribution in [3.8, 4) is 0 Å². The Morgan fingerprint density at radius 2 is 2.13 bits per heavy atom. The zero-order valence-electron chi connectivity index (χ0n) is 13.6. The zero-order valence-corrected chi connectivity index (χ0v) is 14.4. The summed E-state index contributed by atoms with van der Waals surface area (Å²) >= 11 is 5.87. The van der Waals surface area contributed by atoms with Crippen molar-refractivity contribution < 1.29 is 9.90 Å². The predicted molar refractivity (Wildman–Crippen MR) is 90.5 cm³/mol. The largest absolute Gasteiger partial charge is 0.378 e. The minimum Gasteiger partial charge on any atom is -0.378 e. The van der Waals surface area contributed by atoms with E-state index >= 15 is 0 Å². The standard InChI is InChI=1S/C17H22ClN3O2/c1-11-12(2)20-21(13(11)3)9-5-8-19-17(23)16(22)14-6-4-7-15(18)10-14/h4,6-7,10,16,22H,5,8-9H2,1-3H3,(H,19,23)/t16-/m0/s1. The number of hydrogen-bond acceptors (Lipinski definition) is 3. The van der Waals surface area contributed by atoms with Crippen LogP contribution in [0.4, 0.5) is 0 Å². The lowest BCUT2D eigenvalue weighted by Crippen LogP contribution is -2.30. The molecule has 23 heavy (non-hydrogen) atoms. The molecule has 2 N–H and O–H groups in total. The van der Waals surface area contributed by atoms with Crippen molar-refractivity contribution in [1.82, 2.24) is 15.1 Å². The fraction of sp³-hybridized carbons (Fsp3) is 0.412. The third-order valence-electron chi connectivity index (χ3n) is 4.00. The number of rotatable bonds is 6. The van der Waals surface area contributed by atoms with Crippen LogP contribution in [0, 0.1) is 20.8 Å². The van der Waals surface area contributed by atoms with E-state index in [0.717, 1.165) is 24.4 Å². The van der Waals surface area contributed by atoms with Crippen LogP contribution in [0.1, 0.15) is 35.0 Å². The lowest BCUT2D eigenvalue weighted by molar-refractivity contribution is -0.129. The number of aromatic nitrogens is 2. The number of nitrogens with zero attached hydrogens (tertiary/aromatic N) is 2. The van der Waals surface area contributed by atoms with Crippen molar-refractivity contribution in [2.24, 2.45) is 0 Å². The van der Waals surface area contributed by atoms with Crippen molar-refractivity contribution in [1.29, 1.82) is 0 Å². The minimum absolute atomic E-state index is 0.420. The van der Waals surface area contributed by atoms with Crippen LogP contribution in [0.15, 0.2) is 24.3 Å². The van der Waals surface area contributed by atoms with E-state index in [2.05, 4.69) is 17.3 Å². The molecule has 1 atom stereocenters. The lowest BCUT2D eigenvalue weighted by Gasteiger charge is -2.12. The van der Waals surface area contributed by atoms with Gasteiger partial charge in [-0.25, -0.2) is 0 Å². The molecular formula is C17H22ClN3O2. The summed E-state index contributed by atoms with van der Waals surface area (Å²) in [7, 11) is 0. The molecule has 1 aromatic heterocycles. The molecular weight excluding hydrogens is 314 g/mol. The maximum atomic E-state index is 12.0. The van der Waals surface area contributed by atoms with Crippen LogP contribution in [-0.4, -0.2) is 27.3 Å². The number of aliphatic hydroxyl groups excluding tert-OH is 1. The first-order chi connectivity index (χ1) is 10.9. The quantitative estimate of drug-likeness (QED) is 0.798. The maximum absolute atomic E-state index is 12.0. The summed E-state index contributed by atoms with van der Waals surface area (Å²) in [6.07, 6.45) is -0.459. The summed E-state index contributed by atoms with van der Waals surface area (Å²) in [6, 6.07) is 6.67. The van der Waals surface area contributed by atoms with Gasteiger partial charge in [-0.3, -0.25) is 9.48 Å². The molecule has 0 aliphatic heterocycles. The first kappa shape index (κ1) is 17.5. The van der Waals surface area contributed by atoms with Crippen molar-refractivity contribution in [3.63, 3.8) is 0 Å². The second-order valence-corrected chi connectivity index (χ2v) is 6.06. The van der Waals surface area contributed by atoms with Gasteiger partial charge in [-0.2, -0.15) is 5.10 Å². The first-order valence-corrected chi connectivity index (χ1v) is 7.99. The van der Waals surface area contributed by atoms with E-state index in [4.69, 9.17) is 11.6 Å². The average molecular weight is 336 g/mol. The van der Waals surface area contributed by atoms with Crippen molar-refractivity contribution in [2.75, 3.05) is 6.54 Å². The number of carbonyl (C=O) groups excluding carboxylic acids is 1. The molecule has 0 aliphatic carbocycles. The summed E-state index contributed by atoms with van der Waals surface area (Å²) in [6.45, 7) is 7.29. The van der Waals surface area contributed by atoms with Crippen LogP contribution in [0.3, 0.4) is 0 Å². The number of benzene rings is 1. The van der Waals surface area contributed by atoms with E-state index in [1.54, 1.807) is 24.3 Å². The van der Waals surface area contributed by atoms with E-state index in [-0.39, 0.29) is 0 Å². The third-order valence-corrected chi connectivity index (χ3v) is 4.24. The summed E-state index contributed by atoms with van der Waals surface area (Å²) < 4.78 is 1.95. The topological polar surface area (TPSA) is 67.2 Å². The SMILES string of the molecule is Cc1nn(CCCNC(=O)[C@@H](O)c2cccc(Cl)c2)c(C)c1C. The van der Waals surface area contributed by atoms with E-state index in [0.29, 0.717) is 17.1 Å². The Bertz CT molecular complexity index is 697. The first-order valence-electron chi connectivity index (χ1n) is 7.62. The van der Waals surface area contributed by atoms with Gasteiger partial charge in [0.1, 0.15) is 0 Å². The number of aryl methyl sites for hydroxylation is 2. The third kappa shape index (κ3) is 4.33. The highest BCUT2D eigenvalue weighted by Crippen LogP contribution is 2.17. The molecule has 0 spiro atoms. The lowest BCUT2D eigenvalue weighted by atomic mass is 10.1. The molecule has 0 saturated carbocycles. The normalized spacial score (nSPS) is 12.2. The molecule has 0 saturated heterocycles. The number of hydrogen-bond donors (Lipinski definition) is 2. The summed E-state index contributed by atoms with van der Waals surface area (Å²) in [5, 5.41) is 17.7. The number of nitrogens with one attached hydrogen (secondary N) is 1. The molecule has 5 nitrogen and oxygen atoms in total.